The normalized spacial score (nSPS) is 13.8. The molecule has 32 heavy (non-hydrogen) atoms. The molecule has 0 aliphatic carbocycles. The quantitative estimate of drug-likeness (QED) is 0.396. The number of thioether (sulfide) groups is 1. The highest BCUT2D eigenvalue weighted by molar-refractivity contribution is 7.98. The molecule has 162 valence electrons. The number of likely N-dealkylation sites (tertiary alicyclic amines) is 1. The Morgan fingerprint density at radius 1 is 1.12 bits per heavy atom. The minimum absolute atomic E-state index is 0.154. The standard InChI is InChI=1S/C23H22N6O2S/c1-16-7-9-17(10-8-16)22-25-18(14-31-22)15-32-23-27-26-20(13-28-12-4-6-21(28)30)29(23)19-5-2-3-11-24-19/h2-3,5,7-11,14H,4,6,12-13,15H2,1H3. The summed E-state index contributed by atoms with van der Waals surface area (Å²) in [6, 6.07) is 13.8. The second-order valence-electron chi connectivity index (χ2n) is 7.64. The summed E-state index contributed by atoms with van der Waals surface area (Å²) >= 11 is 1.51. The number of aryl methyl sites for hydroxylation is 1. The number of carbonyl (C=O) groups is 1. The number of benzene rings is 1. The Morgan fingerprint density at radius 2 is 2.00 bits per heavy atom. The molecule has 0 spiro atoms. The molecule has 1 aliphatic rings. The van der Waals surface area contributed by atoms with Crippen molar-refractivity contribution in [1.82, 2.24) is 29.6 Å². The minimum atomic E-state index is 0.154. The lowest BCUT2D eigenvalue weighted by molar-refractivity contribution is -0.128. The van der Waals surface area contributed by atoms with Crippen LogP contribution in [0.4, 0.5) is 0 Å². The Labute approximate surface area is 189 Å². The number of carbonyl (C=O) groups excluding carboxylic acids is 1. The van der Waals surface area contributed by atoms with Crippen molar-refractivity contribution in [2.45, 2.75) is 37.2 Å². The zero-order valence-corrected chi connectivity index (χ0v) is 18.5. The molecule has 1 fully saturated rings. The molecule has 5 rings (SSSR count). The number of nitrogens with zero attached hydrogens (tertiary/aromatic N) is 6. The van der Waals surface area contributed by atoms with E-state index >= 15 is 0 Å². The monoisotopic (exact) mass is 446 g/mol. The van der Waals surface area contributed by atoms with Crippen LogP contribution in [0.25, 0.3) is 17.3 Å². The van der Waals surface area contributed by atoms with E-state index in [-0.39, 0.29) is 5.91 Å². The number of hydrogen-bond donors (Lipinski definition) is 0. The Kier molecular flexibility index (Phi) is 5.72. The SMILES string of the molecule is Cc1ccc(-c2nc(CSc3nnc(CN4CCCC4=O)n3-c3ccccn3)co2)cc1. The van der Waals surface area contributed by atoms with Crippen LogP contribution in [0.2, 0.25) is 0 Å². The number of amides is 1. The molecule has 1 aromatic carbocycles. The zero-order valence-electron chi connectivity index (χ0n) is 17.6. The molecule has 0 bridgehead atoms. The molecule has 9 heteroatoms. The van der Waals surface area contributed by atoms with E-state index in [0.717, 1.165) is 30.0 Å². The van der Waals surface area contributed by atoms with Crippen LogP contribution in [0, 0.1) is 6.92 Å². The van der Waals surface area contributed by atoms with Crippen LogP contribution < -0.4 is 0 Å². The van der Waals surface area contributed by atoms with Crippen molar-refractivity contribution >= 4 is 17.7 Å². The van der Waals surface area contributed by atoms with E-state index in [2.05, 4.69) is 20.2 Å². The lowest BCUT2D eigenvalue weighted by Crippen LogP contribution is -2.25. The lowest BCUT2D eigenvalue weighted by atomic mass is 10.1. The first-order valence-electron chi connectivity index (χ1n) is 10.4. The van der Waals surface area contributed by atoms with E-state index in [0.29, 0.717) is 35.6 Å². The number of hydrogen-bond acceptors (Lipinski definition) is 7. The van der Waals surface area contributed by atoms with Gasteiger partial charge >= 0.3 is 0 Å². The fourth-order valence-electron chi connectivity index (χ4n) is 3.59. The summed E-state index contributed by atoms with van der Waals surface area (Å²) < 4.78 is 7.59. The summed E-state index contributed by atoms with van der Waals surface area (Å²) in [5.41, 5.74) is 2.95. The maximum absolute atomic E-state index is 12.1. The van der Waals surface area contributed by atoms with Crippen LogP contribution in [0.5, 0.6) is 0 Å². The molecule has 0 atom stereocenters. The predicted molar refractivity (Wildman–Crippen MR) is 120 cm³/mol. The van der Waals surface area contributed by atoms with Crippen molar-refractivity contribution < 1.29 is 9.21 Å². The summed E-state index contributed by atoms with van der Waals surface area (Å²) in [4.78, 5) is 23.0. The van der Waals surface area contributed by atoms with Gasteiger partial charge in [-0.05, 0) is 37.6 Å². The molecule has 0 unspecified atom stereocenters. The van der Waals surface area contributed by atoms with Gasteiger partial charge in [-0.15, -0.1) is 10.2 Å². The largest absolute Gasteiger partial charge is 0.444 e. The summed E-state index contributed by atoms with van der Waals surface area (Å²) in [7, 11) is 0. The highest BCUT2D eigenvalue weighted by atomic mass is 32.2. The molecule has 4 heterocycles. The van der Waals surface area contributed by atoms with Crippen molar-refractivity contribution in [2.75, 3.05) is 6.54 Å². The van der Waals surface area contributed by atoms with Crippen molar-refractivity contribution in [3.8, 4) is 17.3 Å². The van der Waals surface area contributed by atoms with Crippen molar-refractivity contribution in [2.24, 2.45) is 0 Å². The van der Waals surface area contributed by atoms with Gasteiger partial charge in [-0.3, -0.25) is 9.36 Å². The first kappa shape index (κ1) is 20.4. The van der Waals surface area contributed by atoms with Gasteiger partial charge in [-0.2, -0.15) is 0 Å². The van der Waals surface area contributed by atoms with Gasteiger partial charge in [-0.1, -0.05) is 35.5 Å². The van der Waals surface area contributed by atoms with Crippen LogP contribution in [-0.2, 0) is 17.1 Å². The van der Waals surface area contributed by atoms with Gasteiger partial charge in [0.15, 0.2) is 11.0 Å². The van der Waals surface area contributed by atoms with E-state index < -0.39 is 0 Å². The number of aromatic nitrogens is 5. The Hall–Kier alpha value is -3.46. The average molecular weight is 447 g/mol. The molecule has 0 N–H and O–H groups in total. The summed E-state index contributed by atoms with van der Waals surface area (Å²) in [6.45, 7) is 3.22. The predicted octanol–water partition coefficient (Wildman–Crippen LogP) is 4.04. The van der Waals surface area contributed by atoms with Crippen molar-refractivity contribution in [3.63, 3.8) is 0 Å². The van der Waals surface area contributed by atoms with Gasteiger partial charge in [0, 0.05) is 30.5 Å². The molecule has 3 aromatic heterocycles. The third-order valence-electron chi connectivity index (χ3n) is 5.28. The fourth-order valence-corrected chi connectivity index (χ4v) is 4.43. The van der Waals surface area contributed by atoms with Gasteiger partial charge in [0.1, 0.15) is 12.1 Å². The van der Waals surface area contributed by atoms with Gasteiger partial charge < -0.3 is 9.32 Å². The van der Waals surface area contributed by atoms with Crippen LogP contribution in [0.3, 0.4) is 0 Å². The summed E-state index contributed by atoms with van der Waals surface area (Å²) in [5.74, 6) is 2.74. The van der Waals surface area contributed by atoms with Crippen LogP contribution in [0.15, 0.2) is 64.5 Å². The third kappa shape index (κ3) is 4.29. The first-order valence-corrected chi connectivity index (χ1v) is 11.4. The lowest BCUT2D eigenvalue weighted by Gasteiger charge is -2.16. The van der Waals surface area contributed by atoms with Crippen molar-refractivity contribution in [1.29, 1.82) is 0 Å². The second-order valence-corrected chi connectivity index (χ2v) is 8.58. The van der Waals surface area contributed by atoms with E-state index in [4.69, 9.17) is 4.42 Å². The average Bonchev–Trinajstić information content (AvgIpc) is 3.54. The highest BCUT2D eigenvalue weighted by Gasteiger charge is 2.24. The third-order valence-corrected chi connectivity index (χ3v) is 6.24. The maximum Gasteiger partial charge on any atom is 0.226 e. The molecule has 0 radical (unpaired) electrons. The smallest absolute Gasteiger partial charge is 0.226 e. The van der Waals surface area contributed by atoms with Gasteiger partial charge in [0.05, 0.1) is 12.2 Å². The van der Waals surface area contributed by atoms with Crippen LogP contribution >= 0.6 is 11.8 Å². The molecule has 0 saturated carbocycles. The van der Waals surface area contributed by atoms with Gasteiger partial charge in [0.2, 0.25) is 11.8 Å². The molecule has 4 aromatic rings. The molecule has 1 amide bonds. The molecular weight excluding hydrogens is 424 g/mol. The summed E-state index contributed by atoms with van der Waals surface area (Å²) in [6.07, 6.45) is 4.88. The zero-order chi connectivity index (χ0) is 21.9. The fraction of sp³-hybridized carbons (Fsp3) is 0.261. The van der Waals surface area contributed by atoms with E-state index in [1.54, 1.807) is 12.5 Å². The van der Waals surface area contributed by atoms with Gasteiger partial charge in [-0.25, -0.2) is 9.97 Å². The van der Waals surface area contributed by atoms with E-state index in [1.165, 1.54) is 17.3 Å². The Bertz CT molecular complexity index is 1220. The number of oxazole rings is 1. The Morgan fingerprint density at radius 3 is 2.75 bits per heavy atom. The first-order chi connectivity index (χ1) is 15.7. The maximum atomic E-state index is 12.1. The Balaban J connectivity index is 1.37. The van der Waals surface area contributed by atoms with E-state index in [1.807, 2.05) is 58.9 Å². The summed E-state index contributed by atoms with van der Waals surface area (Å²) in [5, 5.41) is 9.47. The molecular formula is C23H22N6O2S. The molecule has 1 aliphatic heterocycles. The number of rotatable bonds is 7. The second kappa shape index (κ2) is 8.96. The van der Waals surface area contributed by atoms with Crippen LogP contribution in [0.1, 0.15) is 29.9 Å². The van der Waals surface area contributed by atoms with Gasteiger partial charge in [0.25, 0.3) is 0 Å². The minimum Gasteiger partial charge on any atom is -0.444 e. The van der Waals surface area contributed by atoms with Crippen LogP contribution in [-0.4, -0.2) is 42.1 Å². The topological polar surface area (TPSA) is 89.9 Å². The number of pyridine rings is 1. The molecule has 8 nitrogen and oxygen atoms in total. The van der Waals surface area contributed by atoms with E-state index in [9.17, 15) is 4.79 Å². The van der Waals surface area contributed by atoms with Crippen molar-refractivity contribution in [3.05, 3.63) is 72.0 Å². The highest BCUT2D eigenvalue weighted by Crippen LogP contribution is 2.27. The molecule has 1 saturated heterocycles.